The van der Waals surface area contributed by atoms with Crippen LogP contribution in [0.5, 0.6) is 11.5 Å². The third-order valence-corrected chi connectivity index (χ3v) is 3.84. The van der Waals surface area contributed by atoms with Gasteiger partial charge in [0.25, 0.3) is 5.91 Å². The summed E-state index contributed by atoms with van der Waals surface area (Å²) in [4.78, 5) is 22.7. The second-order valence-electron chi connectivity index (χ2n) is 5.03. The largest absolute Gasteiger partial charge is 0.493 e. The molecule has 0 saturated heterocycles. The molecule has 1 atom stereocenters. The summed E-state index contributed by atoms with van der Waals surface area (Å²) < 4.78 is 11.2. The standard InChI is InChI=1S/C15H20BrNO4/c1-9(2)10(3)17-15(19)8-21-14-5-11(7-18)12(16)6-13(14)20-4/h5-7,9-10H,8H2,1-4H3,(H,17,19)/t10-/m0/s1. The molecule has 0 bridgehead atoms. The Labute approximate surface area is 133 Å². The van der Waals surface area contributed by atoms with Gasteiger partial charge in [0.2, 0.25) is 0 Å². The maximum Gasteiger partial charge on any atom is 0.258 e. The molecule has 5 nitrogen and oxygen atoms in total. The van der Waals surface area contributed by atoms with E-state index in [0.717, 1.165) is 0 Å². The second kappa shape index (κ2) is 8.02. The van der Waals surface area contributed by atoms with Gasteiger partial charge in [0, 0.05) is 16.1 Å². The first-order valence-electron chi connectivity index (χ1n) is 6.63. The molecule has 6 heteroatoms. The van der Waals surface area contributed by atoms with Crippen LogP contribution in [0.1, 0.15) is 31.1 Å². The minimum atomic E-state index is -0.214. The molecule has 0 heterocycles. The van der Waals surface area contributed by atoms with Gasteiger partial charge in [0.1, 0.15) is 0 Å². The smallest absolute Gasteiger partial charge is 0.258 e. The van der Waals surface area contributed by atoms with Crippen molar-refractivity contribution in [2.45, 2.75) is 26.8 Å². The number of amides is 1. The van der Waals surface area contributed by atoms with Crippen molar-refractivity contribution in [2.75, 3.05) is 13.7 Å². The van der Waals surface area contributed by atoms with Gasteiger partial charge in [-0.25, -0.2) is 0 Å². The number of rotatable bonds is 7. The van der Waals surface area contributed by atoms with Crippen molar-refractivity contribution < 1.29 is 19.1 Å². The number of halogens is 1. The number of benzene rings is 1. The van der Waals surface area contributed by atoms with Crippen molar-refractivity contribution in [3.05, 3.63) is 22.2 Å². The molecule has 116 valence electrons. The van der Waals surface area contributed by atoms with E-state index in [0.29, 0.717) is 33.7 Å². The Morgan fingerprint density at radius 1 is 1.33 bits per heavy atom. The summed E-state index contributed by atoms with van der Waals surface area (Å²) in [5.41, 5.74) is 0.432. The van der Waals surface area contributed by atoms with Crippen molar-refractivity contribution in [1.29, 1.82) is 0 Å². The van der Waals surface area contributed by atoms with E-state index >= 15 is 0 Å². The van der Waals surface area contributed by atoms with E-state index in [4.69, 9.17) is 9.47 Å². The Kier molecular flexibility index (Phi) is 6.68. The van der Waals surface area contributed by atoms with Gasteiger partial charge in [0.15, 0.2) is 24.4 Å². The molecular formula is C15H20BrNO4. The van der Waals surface area contributed by atoms with Crippen molar-refractivity contribution in [3.63, 3.8) is 0 Å². The lowest BCUT2D eigenvalue weighted by atomic mass is 10.1. The number of aldehydes is 1. The van der Waals surface area contributed by atoms with Crippen molar-refractivity contribution >= 4 is 28.1 Å². The number of hydrogen-bond donors (Lipinski definition) is 1. The van der Waals surface area contributed by atoms with Crippen LogP contribution < -0.4 is 14.8 Å². The van der Waals surface area contributed by atoms with E-state index in [1.54, 1.807) is 6.07 Å². The molecule has 1 amide bonds. The summed E-state index contributed by atoms with van der Waals surface area (Å²) in [5.74, 6) is 0.944. The van der Waals surface area contributed by atoms with Crippen LogP contribution in [0.4, 0.5) is 0 Å². The van der Waals surface area contributed by atoms with Gasteiger partial charge in [-0.15, -0.1) is 0 Å². The first-order chi connectivity index (χ1) is 9.88. The molecule has 0 aliphatic heterocycles. The van der Waals surface area contributed by atoms with Crippen LogP contribution in [0, 0.1) is 5.92 Å². The Balaban J connectivity index is 2.74. The molecule has 1 aromatic carbocycles. The van der Waals surface area contributed by atoms with Gasteiger partial charge in [-0.2, -0.15) is 0 Å². The van der Waals surface area contributed by atoms with E-state index in [-0.39, 0.29) is 18.6 Å². The SMILES string of the molecule is COc1cc(Br)c(C=O)cc1OCC(=O)N[C@@H](C)C(C)C. The Morgan fingerprint density at radius 3 is 2.52 bits per heavy atom. The van der Waals surface area contributed by atoms with Crippen LogP contribution >= 0.6 is 15.9 Å². The van der Waals surface area contributed by atoms with Crippen molar-refractivity contribution in [3.8, 4) is 11.5 Å². The number of carbonyl (C=O) groups is 2. The normalized spacial score (nSPS) is 11.9. The maximum absolute atomic E-state index is 11.8. The minimum Gasteiger partial charge on any atom is -0.493 e. The summed E-state index contributed by atoms with van der Waals surface area (Å²) in [6, 6.07) is 3.24. The molecular weight excluding hydrogens is 338 g/mol. The highest BCUT2D eigenvalue weighted by Gasteiger charge is 2.14. The van der Waals surface area contributed by atoms with Gasteiger partial charge in [-0.1, -0.05) is 13.8 Å². The minimum absolute atomic E-state index is 0.0680. The summed E-state index contributed by atoms with van der Waals surface area (Å²) in [7, 11) is 1.50. The zero-order valence-corrected chi connectivity index (χ0v) is 14.2. The van der Waals surface area contributed by atoms with Crippen LogP contribution in [0.25, 0.3) is 0 Å². The van der Waals surface area contributed by atoms with E-state index in [9.17, 15) is 9.59 Å². The summed E-state index contributed by atoms with van der Waals surface area (Å²) in [5, 5.41) is 2.84. The van der Waals surface area contributed by atoms with Gasteiger partial charge in [0.05, 0.1) is 7.11 Å². The van der Waals surface area contributed by atoms with Crippen LogP contribution in [0.3, 0.4) is 0 Å². The predicted octanol–water partition coefficient (Wildman–Crippen LogP) is 2.81. The zero-order chi connectivity index (χ0) is 16.0. The summed E-state index contributed by atoms with van der Waals surface area (Å²) in [6.45, 7) is 5.86. The van der Waals surface area contributed by atoms with E-state index in [1.165, 1.54) is 13.2 Å². The monoisotopic (exact) mass is 357 g/mol. The number of nitrogens with one attached hydrogen (secondary N) is 1. The third-order valence-electron chi connectivity index (χ3n) is 3.16. The molecule has 1 N–H and O–H groups in total. The van der Waals surface area contributed by atoms with Gasteiger partial charge in [-0.05, 0) is 40.9 Å². The van der Waals surface area contributed by atoms with Gasteiger partial charge < -0.3 is 14.8 Å². The summed E-state index contributed by atoms with van der Waals surface area (Å²) >= 11 is 3.26. The molecule has 1 aromatic rings. The predicted molar refractivity (Wildman–Crippen MR) is 84.0 cm³/mol. The lowest BCUT2D eigenvalue weighted by molar-refractivity contribution is -0.124. The molecule has 0 radical (unpaired) electrons. The zero-order valence-electron chi connectivity index (χ0n) is 12.6. The molecule has 0 spiro atoms. The first-order valence-corrected chi connectivity index (χ1v) is 7.43. The number of ether oxygens (including phenoxy) is 2. The van der Waals surface area contributed by atoms with E-state index in [2.05, 4.69) is 21.2 Å². The van der Waals surface area contributed by atoms with E-state index in [1.807, 2.05) is 20.8 Å². The van der Waals surface area contributed by atoms with Crippen LogP contribution in [-0.4, -0.2) is 32.0 Å². The van der Waals surface area contributed by atoms with Crippen molar-refractivity contribution in [1.82, 2.24) is 5.32 Å². The Morgan fingerprint density at radius 2 is 2.00 bits per heavy atom. The molecule has 1 rings (SSSR count). The Hall–Kier alpha value is -1.56. The fraction of sp³-hybridized carbons (Fsp3) is 0.467. The molecule has 0 saturated carbocycles. The molecule has 0 aliphatic rings. The van der Waals surface area contributed by atoms with Crippen LogP contribution in [-0.2, 0) is 4.79 Å². The van der Waals surface area contributed by atoms with Crippen LogP contribution in [0.2, 0.25) is 0 Å². The molecule has 0 unspecified atom stereocenters. The van der Waals surface area contributed by atoms with E-state index < -0.39 is 0 Å². The second-order valence-corrected chi connectivity index (χ2v) is 5.89. The molecule has 0 fully saturated rings. The number of hydrogen-bond acceptors (Lipinski definition) is 4. The topological polar surface area (TPSA) is 64.6 Å². The highest BCUT2D eigenvalue weighted by Crippen LogP contribution is 2.32. The maximum atomic E-state index is 11.8. The molecule has 0 aromatic heterocycles. The average Bonchev–Trinajstić information content (AvgIpc) is 2.45. The van der Waals surface area contributed by atoms with Gasteiger partial charge >= 0.3 is 0 Å². The fourth-order valence-corrected chi connectivity index (χ4v) is 1.93. The highest BCUT2D eigenvalue weighted by atomic mass is 79.9. The quantitative estimate of drug-likeness (QED) is 0.762. The average molecular weight is 358 g/mol. The first kappa shape index (κ1) is 17.5. The lowest BCUT2D eigenvalue weighted by Gasteiger charge is -2.18. The number of methoxy groups -OCH3 is 1. The Bertz CT molecular complexity index is 517. The van der Waals surface area contributed by atoms with Crippen LogP contribution in [0.15, 0.2) is 16.6 Å². The third kappa shape index (κ3) is 5.04. The fourth-order valence-electron chi connectivity index (χ4n) is 1.52. The number of carbonyl (C=O) groups excluding carboxylic acids is 2. The molecule has 21 heavy (non-hydrogen) atoms. The van der Waals surface area contributed by atoms with Gasteiger partial charge in [-0.3, -0.25) is 9.59 Å². The van der Waals surface area contributed by atoms with Crippen molar-refractivity contribution in [2.24, 2.45) is 5.92 Å². The molecule has 0 aliphatic carbocycles. The highest BCUT2D eigenvalue weighted by molar-refractivity contribution is 9.10. The summed E-state index contributed by atoms with van der Waals surface area (Å²) in [6.07, 6.45) is 0.706. The lowest BCUT2D eigenvalue weighted by Crippen LogP contribution is -2.38.